The molecule has 0 amide bonds. The largest absolute Gasteiger partial charge is 0.380 e. The van der Waals surface area contributed by atoms with E-state index in [0.29, 0.717) is 23.6 Å². The summed E-state index contributed by atoms with van der Waals surface area (Å²) in [5.74, 6) is 0.773. The van der Waals surface area contributed by atoms with E-state index in [0.717, 1.165) is 5.92 Å². The summed E-state index contributed by atoms with van der Waals surface area (Å²) >= 11 is 0. The third-order valence-electron chi connectivity index (χ3n) is 4.25. The smallest absolute Gasteiger partial charge is 0.0693 e. The van der Waals surface area contributed by atoms with Crippen molar-refractivity contribution in [2.24, 2.45) is 11.3 Å². The van der Waals surface area contributed by atoms with Gasteiger partial charge in [-0.15, -0.1) is 0 Å². The molecule has 0 radical (unpaired) electrons. The maximum Gasteiger partial charge on any atom is 0.0693 e. The van der Waals surface area contributed by atoms with Crippen LogP contribution in [0.3, 0.4) is 0 Å². The summed E-state index contributed by atoms with van der Waals surface area (Å²) in [6.45, 7) is 11.5. The van der Waals surface area contributed by atoms with Crippen LogP contribution in [0.2, 0.25) is 0 Å². The molecule has 1 aliphatic rings. The molecular formula is C14H29NO. The fraction of sp³-hybridized carbons (Fsp3) is 1.00. The van der Waals surface area contributed by atoms with Crippen molar-refractivity contribution in [2.45, 2.75) is 72.1 Å². The van der Waals surface area contributed by atoms with E-state index in [-0.39, 0.29) is 0 Å². The van der Waals surface area contributed by atoms with Gasteiger partial charge < -0.3 is 10.1 Å². The Bertz CT molecular complexity index is 215. The predicted octanol–water partition coefficient (Wildman–Crippen LogP) is 3.21. The zero-order valence-electron chi connectivity index (χ0n) is 11.8. The summed E-state index contributed by atoms with van der Waals surface area (Å²) in [5, 5.41) is 3.73. The van der Waals surface area contributed by atoms with E-state index in [4.69, 9.17) is 4.74 Å². The van der Waals surface area contributed by atoms with E-state index in [1.54, 1.807) is 7.11 Å². The van der Waals surface area contributed by atoms with Crippen molar-refractivity contribution in [1.82, 2.24) is 5.32 Å². The zero-order chi connectivity index (χ0) is 12.3. The van der Waals surface area contributed by atoms with Gasteiger partial charge in [-0.3, -0.25) is 0 Å². The zero-order valence-corrected chi connectivity index (χ0v) is 11.8. The lowest BCUT2D eigenvalue weighted by atomic mass is 9.70. The van der Waals surface area contributed by atoms with E-state index in [2.05, 4.69) is 39.9 Å². The molecule has 4 unspecified atom stereocenters. The quantitative estimate of drug-likeness (QED) is 0.796. The fourth-order valence-electron chi connectivity index (χ4n) is 2.87. The molecule has 0 aliphatic heterocycles. The molecule has 1 rings (SSSR count). The molecular weight excluding hydrogens is 198 g/mol. The van der Waals surface area contributed by atoms with E-state index in [1.807, 2.05) is 0 Å². The summed E-state index contributed by atoms with van der Waals surface area (Å²) in [6, 6.07) is 1.11. The molecule has 0 saturated heterocycles. The van der Waals surface area contributed by atoms with Crippen LogP contribution in [0.25, 0.3) is 0 Å². The van der Waals surface area contributed by atoms with Crippen LogP contribution in [0.15, 0.2) is 0 Å². The van der Waals surface area contributed by atoms with Crippen LogP contribution in [0.4, 0.5) is 0 Å². The maximum absolute atomic E-state index is 5.37. The van der Waals surface area contributed by atoms with Gasteiger partial charge in [-0.1, -0.05) is 20.8 Å². The molecule has 2 heteroatoms. The summed E-state index contributed by atoms with van der Waals surface area (Å²) in [4.78, 5) is 0. The van der Waals surface area contributed by atoms with Crippen molar-refractivity contribution in [3.8, 4) is 0 Å². The van der Waals surface area contributed by atoms with Gasteiger partial charge >= 0.3 is 0 Å². The molecule has 4 atom stereocenters. The Kier molecular flexibility index (Phi) is 4.81. The number of hydrogen-bond donors (Lipinski definition) is 1. The number of ether oxygens (including phenoxy) is 1. The van der Waals surface area contributed by atoms with E-state index >= 15 is 0 Å². The normalized spacial score (nSPS) is 33.4. The summed E-state index contributed by atoms with van der Waals surface area (Å²) < 4.78 is 5.37. The number of rotatable bonds is 4. The third-order valence-corrected chi connectivity index (χ3v) is 4.25. The minimum atomic E-state index is 0.294. The molecule has 0 aromatic carbocycles. The van der Waals surface area contributed by atoms with Crippen LogP contribution in [0.5, 0.6) is 0 Å². The van der Waals surface area contributed by atoms with Gasteiger partial charge in [-0.25, -0.2) is 0 Å². The molecule has 1 aliphatic carbocycles. The average molecular weight is 227 g/mol. The molecule has 0 heterocycles. The van der Waals surface area contributed by atoms with Gasteiger partial charge in [0.15, 0.2) is 0 Å². The SMILES string of the molecule is COC(C)C(C)NC1CCC(C)(C)CC1C. The maximum atomic E-state index is 5.37. The summed E-state index contributed by atoms with van der Waals surface area (Å²) in [6.07, 6.45) is 4.26. The molecule has 1 fully saturated rings. The molecule has 1 N–H and O–H groups in total. The summed E-state index contributed by atoms with van der Waals surface area (Å²) in [7, 11) is 1.79. The van der Waals surface area contributed by atoms with E-state index in [1.165, 1.54) is 19.3 Å². The van der Waals surface area contributed by atoms with Gasteiger partial charge in [-0.2, -0.15) is 0 Å². The Morgan fingerprint density at radius 1 is 1.31 bits per heavy atom. The second kappa shape index (κ2) is 5.50. The lowest BCUT2D eigenvalue weighted by Crippen LogP contribution is -2.49. The van der Waals surface area contributed by atoms with Crippen molar-refractivity contribution in [2.75, 3.05) is 7.11 Å². The van der Waals surface area contributed by atoms with Gasteiger partial charge in [0.2, 0.25) is 0 Å². The molecule has 2 nitrogen and oxygen atoms in total. The van der Waals surface area contributed by atoms with Crippen molar-refractivity contribution in [1.29, 1.82) is 0 Å². The minimum absolute atomic E-state index is 0.294. The van der Waals surface area contributed by atoms with Crippen molar-refractivity contribution >= 4 is 0 Å². The molecule has 1 saturated carbocycles. The van der Waals surface area contributed by atoms with Crippen LogP contribution in [-0.2, 0) is 4.74 Å². The van der Waals surface area contributed by atoms with Crippen LogP contribution < -0.4 is 5.32 Å². The van der Waals surface area contributed by atoms with Crippen LogP contribution >= 0.6 is 0 Å². The Balaban J connectivity index is 2.44. The summed E-state index contributed by atoms with van der Waals surface area (Å²) in [5.41, 5.74) is 0.535. The van der Waals surface area contributed by atoms with Crippen LogP contribution in [-0.4, -0.2) is 25.3 Å². The third kappa shape index (κ3) is 3.74. The topological polar surface area (TPSA) is 21.3 Å². The van der Waals surface area contributed by atoms with Crippen LogP contribution in [0.1, 0.15) is 53.9 Å². The monoisotopic (exact) mass is 227 g/mol. The Hall–Kier alpha value is -0.0800. The lowest BCUT2D eigenvalue weighted by Gasteiger charge is -2.41. The Morgan fingerprint density at radius 2 is 1.94 bits per heavy atom. The second-order valence-corrected chi connectivity index (χ2v) is 6.39. The average Bonchev–Trinajstić information content (AvgIpc) is 2.20. The first-order valence-corrected chi connectivity index (χ1v) is 6.64. The first kappa shape index (κ1) is 14.0. The van der Waals surface area contributed by atoms with Gasteiger partial charge in [-0.05, 0) is 44.4 Å². The van der Waals surface area contributed by atoms with Gasteiger partial charge in [0.1, 0.15) is 0 Å². The first-order valence-electron chi connectivity index (χ1n) is 6.64. The predicted molar refractivity (Wildman–Crippen MR) is 69.7 cm³/mol. The van der Waals surface area contributed by atoms with Crippen molar-refractivity contribution in [3.63, 3.8) is 0 Å². The van der Waals surface area contributed by atoms with Crippen LogP contribution in [0, 0.1) is 11.3 Å². The first-order chi connectivity index (χ1) is 7.35. The highest BCUT2D eigenvalue weighted by molar-refractivity contribution is 4.88. The highest BCUT2D eigenvalue weighted by Gasteiger charge is 2.33. The highest BCUT2D eigenvalue weighted by Crippen LogP contribution is 2.38. The molecule has 0 aromatic rings. The number of nitrogens with one attached hydrogen (secondary N) is 1. The van der Waals surface area contributed by atoms with E-state index in [9.17, 15) is 0 Å². The molecule has 0 aromatic heterocycles. The second-order valence-electron chi connectivity index (χ2n) is 6.39. The van der Waals surface area contributed by atoms with Crippen molar-refractivity contribution < 1.29 is 4.74 Å². The van der Waals surface area contributed by atoms with Gasteiger partial charge in [0, 0.05) is 19.2 Å². The van der Waals surface area contributed by atoms with E-state index < -0.39 is 0 Å². The standard InChI is InChI=1S/C14H29NO/c1-10-9-14(4,5)8-7-13(10)15-11(2)12(3)16-6/h10-13,15H,7-9H2,1-6H3. The number of hydrogen-bond acceptors (Lipinski definition) is 2. The fourth-order valence-corrected chi connectivity index (χ4v) is 2.87. The van der Waals surface area contributed by atoms with Crippen molar-refractivity contribution in [3.05, 3.63) is 0 Å². The highest BCUT2D eigenvalue weighted by atomic mass is 16.5. The molecule has 0 bridgehead atoms. The molecule has 0 spiro atoms. The molecule has 96 valence electrons. The number of methoxy groups -OCH3 is 1. The Morgan fingerprint density at radius 3 is 2.44 bits per heavy atom. The van der Waals surface area contributed by atoms with Gasteiger partial charge in [0.05, 0.1) is 6.10 Å². The molecule has 16 heavy (non-hydrogen) atoms. The lowest BCUT2D eigenvalue weighted by molar-refractivity contribution is 0.0684. The Labute approximate surface area is 101 Å². The minimum Gasteiger partial charge on any atom is -0.380 e. The van der Waals surface area contributed by atoms with Gasteiger partial charge in [0.25, 0.3) is 0 Å².